The minimum atomic E-state index is 0.783. The number of hydrogen-bond acceptors (Lipinski definition) is 6. The van der Waals surface area contributed by atoms with E-state index < -0.39 is 0 Å². The van der Waals surface area contributed by atoms with E-state index in [1.54, 1.807) is 0 Å². The molecule has 0 bridgehead atoms. The fourth-order valence-electron chi connectivity index (χ4n) is 4.95. The van der Waals surface area contributed by atoms with Crippen LogP contribution in [0.4, 0.5) is 11.8 Å². The largest absolute Gasteiger partial charge is 0.351 e. The summed E-state index contributed by atoms with van der Waals surface area (Å²) in [5.74, 6) is 1.81. The van der Waals surface area contributed by atoms with Crippen LogP contribution in [0.3, 0.4) is 0 Å². The first-order valence-electron chi connectivity index (χ1n) is 11.8. The lowest BCUT2D eigenvalue weighted by Crippen LogP contribution is -2.46. The number of aromatic nitrogens is 4. The van der Waals surface area contributed by atoms with Gasteiger partial charge in [0, 0.05) is 52.2 Å². The third-order valence-corrected chi connectivity index (χ3v) is 6.92. The van der Waals surface area contributed by atoms with Gasteiger partial charge >= 0.3 is 0 Å². The van der Waals surface area contributed by atoms with Crippen LogP contribution in [0.25, 0.3) is 11.0 Å². The zero-order valence-corrected chi connectivity index (χ0v) is 19.0. The number of nitrogens with one attached hydrogen (secondary N) is 1. The average Bonchev–Trinajstić information content (AvgIpc) is 3.27. The highest BCUT2D eigenvalue weighted by Gasteiger charge is 2.27. The number of hydrogen-bond donors (Lipinski definition) is 1. The Morgan fingerprint density at radius 1 is 0.848 bits per heavy atom. The molecule has 4 aromatic rings. The van der Waals surface area contributed by atoms with Gasteiger partial charge in [-0.05, 0) is 23.6 Å². The lowest BCUT2D eigenvalue weighted by Gasteiger charge is -2.35. The fourth-order valence-corrected chi connectivity index (χ4v) is 4.95. The number of anilines is 2. The molecule has 33 heavy (non-hydrogen) atoms. The number of piperazine rings is 1. The maximum Gasteiger partial charge on any atom is 0.229 e. The van der Waals surface area contributed by atoms with Gasteiger partial charge in [0.05, 0.1) is 11.1 Å². The summed E-state index contributed by atoms with van der Waals surface area (Å²) in [5.41, 5.74) is 6.00. The number of aromatic amines is 1. The Kier molecular flexibility index (Phi) is 5.19. The van der Waals surface area contributed by atoms with Gasteiger partial charge < -0.3 is 9.80 Å². The standard InChI is InChI=1S/C26H29N7/c1-19-7-5-6-10-21(19)18-31-13-15-32(16-14-31)26-27-24-23-22(29-30-24)11-12-33(25(23)28-26)17-20-8-3-2-4-9-20/h2-10H,11-18H2,1H3,(H,27,28,29,30). The van der Waals surface area contributed by atoms with Gasteiger partial charge in [-0.2, -0.15) is 15.1 Å². The van der Waals surface area contributed by atoms with Gasteiger partial charge in [0.2, 0.25) is 5.95 Å². The van der Waals surface area contributed by atoms with Crippen molar-refractivity contribution in [1.29, 1.82) is 0 Å². The van der Waals surface area contributed by atoms with E-state index in [9.17, 15) is 0 Å². The Labute approximate surface area is 194 Å². The highest BCUT2D eigenvalue weighted by atomic mass is 15.4. The van der Waals surface area contributed by atoms with Crippen LogP contribution in [0.2, 0.25) is 0 Å². The smallest absolute Gasteiger partial charge is 0.229 e. The fraction of sp³-hybridized carbons (Fsp3) is 0.346. The maximum absolute atomic E-state index is 5.09. The van der Waals surface area contributed by atoms with Crippen LogP contribution in [-0.4, -0.2) is 57.8 Å². The van der Waals surface area contributed by atoms with Crippen molar-refractivity contribution in [2.45, 2.75) is 26.4 Å². The summed E-state index contributed by atoms with van der Waals surface area (Å²) in [6, 6.07) is 19.3. The van der Waals surface area contributed by atoms with E-state index in [0.717, 1.165) is 80.7 Å². The summed E-state index contributed by atoms with van der Waals surface area (Å²) in [7, 11) is 0. The molecule has 0 saturated carbocycles. The number of rotatable bonds is 5. The van der Waals surface area contributed by atoms with Crippen molar-refractivity contribution in [3.05, 3.63) is 77.0 Å². The number of benzene rings is 2. The van der Waals surface area contributed by atoms with Crippen molar-refractivity contribution in [2.24, 2.45) is 0 Å². The van der Waals surface area contributed by atoms with Crippen molar-refractivity contribution in [1.82, 2.24) is 25.1 Å². The minimum Gasteiger partial charge on any atom is -0.351 e. The SMILES string of the molecule is Cc1ccccc1CN1CCN(c2nc3c4c([nH]nc4n2)CCN3Cc2ccccc2)CC1. The second-order valence-corrected chi connectivity index (χ2v) is 9.09. The maximum atomic E-state index is 5.09. The molecule has 1 N–H and O–H groups in total. The normalized spacial score (nSPS) is 16.5. The molecule has 168 valence electrons. The van der Waals surface area contributed by atoms with Crippen molar-refractivity contribution in [2.75, 3.05) is 42.5 Å². The van der Waals surface area contributed by atoms with Crippen LogP contribution in [0.1, 0.15) is 22.4 Å². The van der Waals surface area contributed by atoms with Crippen molar-refractivity contribution < 1.29 is 0 Å². The summed E-state index contributed by atoms with van der Waals surface area (Å²) in [5, 5.41) is 8.81. The van der Waals surface area contributed by atoms with E-state index in [4.69, 9.17) is 9.97 Å². The van der Waals surface area contributed by atoms with Gasteiger partial charge in [-0.1, -0.05) is 54.6 Å². The first kappa shape index (κ1) is 20.2. The topological polar surface area (TPSA) is 64.2 Å². The van der Waals surface area contributed by atoms with Crippen LogP contribution in [0.15, 0.2) is 54.6 Å². The number of H-pyrrole nitrogens is 1. The van der Waals surface area contributed by atoms with Crippen LogP contribution >= 0.6 is 0 Å². The Hall–Kier alpha value is -3.45. The van der Waals surface area contributed by atoms with Crippen LogP contribution in [-0.2, 0) is 19.5 Å². The second kappa shape index (κ2) is 8.48. The molecule has 0 aliphatic carbocycles. The minimum absolute atomic E-state index is 0.783. The highest BCUT2D eigenvalue weighted by Crippen LogP contribution is 2.33. The summed E-state index contributed by atoms with van der Waals surface area (Å²) in [4.78, 5) is 17.2. The first-order valence-corrected chi connectivity index (χ1v) is 11.8. The molecule has 7 heteroatoms. The zero-order chi connectivity index (χ0) is 22.2. The predicted molar refractivity (Wildman–Crippen MR) is 132 cm³/mol. The van der Waals surface area contributed by atoms with Gasteiger partial charge in [-0.15, -0.1) is 0 Å². The second-order valence-electron chi connectivity index (χ2n) is 9.09. The van der Waals surface area contributed by atoms with Crippen LogP contribution in [0, 0.1) is 6.92 Å². The molecule has 2 aromatic heterocycles. The average molecular weight is 440 g/mol. The first-order chi connectivity index (χ1) is 16.2. The van der Waals surface area contributed by atoms with Gasteiger partial charge in [-0.25, -0.2) is 0 Å². The summed E-state index contributed by atoms with van der Waals surface area (Å²) in [6.45, 7) is 8.83. The Morgan fingerprint density at radius 2 is 1.64 bits per heavy atom. The molecule has 2 aromatic carbocycles. The molecule has 0 amide bonds. The predicted octanol–water partition coefficient (Wildman–Crippen LogP) is 3.55. The third-order valence-electron chi connectivity index (χ3n) is 6.92. The molecule has 0 atom stereocenters. The Balaban J connectivity index is 1.23. The summed E-state index contributed by atoms with van der Waals surface area (Å²) < 4.78 is 0. The van der Waals surface area contributed by atoms with Crippen molar-refractivity contribution in [3.8, 4) is 0 Å². The lowest BCUT2D eigenvalue weighted by molar-refractivity contribution is 0.248. The highest BCUT2D eigenvalue weighted by molar-refractivity contribution is 5.91. The molecule has 0 radical (unpaired) electrons. The molecule has 1 saturated heterocycles. The van der Waals surface area contributed by atoms with E-state index in [-0.39, 0.29) is 0 Å². The zero-order valence-electron chi connectivity index (χ0n) is 19.0. The summed E-state index contributed by atoms with van der Waals surface area (Å²) in [6.07, 6.45) is 0.941. The molecule has 1 fully saturated rings. The van der Waals surface area contributed by atoms with E-state index in [0.29, 0.717) is 0 Å². The molecule has 0 spiro atoms. The van der Waals surface area contributed by atoms with Gasteiger partial charge in [-0.3, -0.25) is 10.00 Å². The van der Waals surface area contributed by atoms with Crippen LogP contribution in [0.5, 0.6) is 0 Å². The Bertz CT molecular complexity index is 1260. The van der Waals surface area contributed by atoms with Crippen LogP contribution < -0.4 is 9.80 Å². The lowest BCUT2D eigenvalue weighted by atomic mass is 10.1. The van der Waals surface area contributed by atoms with Gasteiger partial charge in [0.25, 0.3) is 0 Å². The van der Waals surface area contributed by atoms with E-state index >= 15 is 0 Å². The molecular formula is C26H29N7. The third kappa shape index (κ3) is 3.93. The van der Waals surface area contributed by atoms with Crippen molar-refractivity contribution in [3.63, 3.8) is 0 Å². The molecular weight excluding hydrogens is 410 g/mol. The van der Waals surface area contributed by atoms with E-state index in [1.807, 2.05) is 0 Å². The molecule has 4 heterocycles. The number of aryl methyl sites for hydroxylation is 1. The molecule has 6 rings (SSSR count). The van der Waals surface area contributed by atoms with Gasteiger partial charge in [0.1, 0.15) is 5.82 Å². The molecule has 2 aliphatic heterocycles. The molecule has 2 aliphatic rings. The van der Waals surface area contributed by atoms with Crippen molar-refractivity contribution >= 4 is 22.8 Å². The monoisotopic (exact) mass is 439 g/mol. The van der Waals surface area contributed by atoms with E-state index in [2.05, 4.69) is 86.4 Å². The molecule has 0 unspecified atom stereocenters. The number of nitrogens with zero attached hydrogens (tertiary/aromatic N) is 6. The quantitative estimate of drug-likeness (QED) is 0.513. The van der Waals surface area contributed by atoms with Gasteiger partial charge in [0.15, 0.2) is 5.65 Å². The summed E-state index contributed by atoms with van der Waals surface area (Å²) >= 11 is 0. The molecule has 7 nitrogen and oxygen atoms in total. The Morgan fingerprint density at radius 3 is 2.45 bits per heavy atom. The van der Waals surface area contributed by atoms with E-state index in [1.165, 1.54) is 16.7 Å².